The van der Waals surface area contributed by atoms with E-state index >= 15 is 0 Å². The second-order valence-corrected chi connectivity index (χ2v) is 6.23. The van der Waals surface area contributed by atoms with Crippen molar-refractivity contribution in [3.63, 3.8) is 0 Å². The van der Waals surface area contributed by atoms with E-state index in [0.29, 0.717) is 0 Å². The lowest BCUT2D eigenvalue weighted by Gasteiger charge is -2.11. The third-order valence-electron chi connectivity index (χ3n) is 3.92. The highest BCUT2D eigenvalue weighted by molar-refractivity contribution is 5.52. The standard InChI is InChI=1S/C18H34O/c1-5-6-7-10-16(2)11-8-12-17(3)13-9-14-18(4)15-19/h13,15-16,18H,5-12,14H2,1-4H3/b17-13+. The quantitative estimate of drug-likeness (QED) is 0.243. The molecule has 0 heterocycles. The Morgan fingerprint density at radius 3 is 2.37 bits per heavy atom. The Hall–Kier alpha value is -0.590. The molecule has 0 aliphatic rings. The van der Waals surface area contributed by atoms with Crippen molar-refractivity contribution in [3.05, 3.63) is 11.6 Å². The van der Waals surface area contributed by atoms with E-state index in [1.165, 1.54) is 50.5 Å². The number of carbonyl (C=O) groups is 1. The van der Waals surface area contributed by atoms with Crippen LogP contribution in [0.1, 0.15) is 85.5 Å². The van der Waals surface area contributed by atoms with E-state index in [-0.39, 0.29) is 5.92 Å². The zero-order valence-electron chi connectivity index (χ0n) is 13.6. The average Bonchev–Trinajstić information content (AvgIpc) is 2.38. The highest BCUT2D eigenvalue weighted by Gasteiger charge is 2.02. The monoisotopic (exact) mass is 266 g/mol. The van der Waals surface area contributed by atoms with Gasteiger partial charge in [0.1, 0.15) is 6.29 Å². The van der Waals surface area contributed by atoms with Crippen molar-refractivity contribution in [1.29, 1.82) is 0 Å². The third kappa shape index (κ3) is 12.2. The second kappa shape index (κ2) is 12.4. The number of rotatable bonds is 12. The van der Waals surface area contributed by atoms with Crippen LogP contribution < -0.4 is 0 Å². The zero-order valence-corrected chi connectivity index (χ0v) is 13.6. The van der Waals surface area contributed by atoms with Gasteiger partial charge in [0.15, 0.2) is 0 Å². The molecule has 112 valence electrons. The molecule has 0 amide bonds. The van der Waals surface area contributed by atoms with Crippen LogP contribution in [0.5, 0.6) is 0 Å². The number of unbranched alkanes of at least 4 members (excludes halogenated alkanes) is 2. The molecule has 1 heteroatoms. The lowest BCUT2D eigenvalue weighted by molar-refractivity contribution is -0.110. The van der Waals surface area contributed by atoms with Crippen LogP contribution in [0.3, 0.4) is 0 Å². The van der Waals surface area contributed by atoms with Gasteiger partial charge in [0.2, 0.25) is 0 Å². The number of hydrogen-bond donors (Lipinski definition) is 0. The van der Waals surface area contributed by atoms with E-state index in [2.05, 4.69) is 26.8 Å². The van der Waals surface area contributed by atoms with Crippen LogP contribution >= 0.6 is 0 Å². The lowest BCUT2D eigenvalue weighted by Crippen LogP contribution is -1.96. The minimum Gasteiger partial charge on any atom is -0.303 e. The Morgan fingerprint density at radius 2 is 1.74 bits per heavy atom. The van der Waals surface area contributed by atoms with Crippen molar-refractivity contribution in [3.8, 4) is 0 Å². The first-order valence-electron chi connectivity index (χ1n) is 8.21. The summed E-state index contributed by atoms with van der Waals surface area (Å²) >= 11 is 0. The summed E-state index contributed by atoms with van der Waals surface area (Å²) in [5, 5.41) is 0. The van der Waals surface area contributed by atoms with Crippen LogP contribution in [0, 0.1) is 11.8 Å². The van der Waals surface area contributed by atoms with Crippen molar-refractivity contribution in [2.75, 3.05) is 0 Å². The first-order chi connectivity index (χ1) is 9.10. The third-order valence-corrected chi connectivity index (χ3v) is 3.92. The predicted molar refractivity (Wildman–Crippen MR) is 85.4 cm³/mol. The van der Waals surface area contributed by atoms with Gasteiger partial charge in [-0.1, -0.05) is 64.5 Å². The molecule has 0 aliphatic carbocycles. The first-order valence-corrected chi connectivity index (χ1v) is 8.21. The van der Waals surface area contributed by atoms with Gasteiger partial charge in [-0.25, -0.2) is 0 Å². The Morgan fingerprint density at radius 1 is 1.05 bits per heavy atom. The van der Waals surface area contributed by atoms with Crippen LogP contribution in [-0.4, -0.2) is 6.29 Å². The summed E-state index contributed by atoms with van der Waals surface area (Å²) < 4.78 is 0. The van der Waals surface area contributed by atoms with Crippen LogP contribution in [0.15, 0.2) is 11.6 Å². The molecule has 0 radical (unpaired) electrons. The number of allylic oxidation sites excluding steroid dienone is 2. The van der Waals surface area contributed by atoms with Crippen molar-refractivity contribution < 1.29 is 4.79 Å². The fourth-order valence-corrected chi connectivity index (χ4v) is 2.38. The molecule has 0 aromatic heterocycles. The van der Waals surface area contributed by atoms with Gasteiger partial charge < -0.3 is 4.79 Å². The minimum atomic E-state index is 0.211. The maximum atomic E-state index is 10.5. The molecule has 0 spiro atoms. The van der Waals surface area contributed by atoms with Crippen molar-refractivity contribution >= 4 is 6.29 Å². The molecule has 0 aromatic rings. The molecule has 2 unspecified atom stereocenters. The Bertz CT molecular complexity index is 242. The van der Waals surface area contributed by atoms with Gasteiger partial charge in [-0.05, 0) is 38.5 Å². The molecule has 0 saturated carbocycles. The summed E-state index contributed by atoms with van der Waals surface area (Å²) in [5.41, 5.74) is 1.50. The van der Waals surface area contributed by atoms with Crippen LogP contribution in [0.2, 0.25) is 0 Å². The van der Waals surface area contributed by atoms with E-state index in [1.54, 1.807) is 0 Å². The summed E-state index contributed by atoms with van der Waals surface area (Å²) in [7, 11) is 0. The van der Waals surface area contributed by atoms with E-state index in [4.69, 9.17) is 0 Å². The minimum absolute atomic E-state index is 0.211. The Labute approximate surface area is 120 Å². The van der Waals surface area contributed by atoms with E-state index < -0.39 is 0 Å². The van der Waals surface area contributed by atoms with E-state index in [0.717, 1.165) is 25.0 Å². The molecule has 0 N–H and O–H groups in total. The molecule has 0 saturated heterocycles. The summed E-state index contributed by atoms with van der Waals surface area (Å²) in [6, 6.07) is 0. The van der Waals surface area contributed by atoms with Gasteiger partial charge in [0.25, 0.3) is 0 Å². The van der Waals surface area contributed by atoms with E-state index in [1.807, 2.05) is 6.92 Å². The lowest BCUT2D eigenvalue weighted by atomic mass is 9.96. The van der Waals surface area contributed by atoms with Crippen LogP contribution in [0.25, 0.3) is 0 Å². The van der Waals surface area contributed by atoms with Gasteiger partial charge in [-0.15, -0.1) is 0 Å². The van der Waals surface area contributed by atoms with Crippen LogP contribution in [-0.2, 0) is 4.79 Å². The molecule has 0 aliphatic heterocycles. The average molecular weight is 266 g/mol. The van der Waals surface area contributed by atoms with Crippen molar-refractivity contribution in [1.82, 2.24) is 0 Å². The fraction of sp³-hybridized carbons (Fsp3) is 0.833. The number of carbonyl (C=O) groups excluding carboxylic acids is 1. The second-order valence-electron chi connectivity index (χ2n) is 6.23. The van der Waals surface area contributed by atoms with Crippen LogP contribution in [0.4, 0.5) is 0 Å². The number of aldehydes is 1. The van der Waals surface area contributed by atoms with Crippen molar-refractivity contribution in [2.45, 2.75) is 85.5 Å². The topological polar surface area (TPSA) is 17.1 Å². The number of hydrogen-bond acceptors (Lipinski definition) is 1. The smallest absolute Gasteiger partial charge is 0.122 e. The highest BCUT2D eigenvalue weighted by Crippen LogP contribution is 2.18. The van der Waals surface area contributed by atoms with Gasteiger partial charge in [-0.3, -0.25) is 0 Å². The molecule has 0 bridgehead atoms. The van der Waals surface area contributed by atoms with E-state index in [9.17, 15) is 4.79 Å². The van der Waals surface area contributed by atoms with Gasteiger partial charge >= 0.3 is 0 Å². The van der Waals surface area contributed by atoms with Crippen molar-refractivity contribution in [2.24, 2.45) is 11.8 Å². The summed E-state index contributed by atoms with van der Waals surface area (Å²) in [5.74, 6) is 1.09. The Kier molecular flexibility index (Phi) is 12.1. The normalized spacial score (nSPS) is 15.3. The molecule has 0 rings (SSSR count). The zero-order chi connectivity index (χ0) is 14.5. The molecule has 19 heavy (non-hydrogen) atoms. The molecular formula is C18H34O. The fourth-order valence-electron chi connectivity index (χ4n) is 2.38. The SMILES string of the molecule is CCCCCC(C)CCC/C(C)=C/CCC(C)C=O. The molecular weight excluding hydrogens is 232 g/mol. The van der Waals surface area contributed by atoms with Gasteiger partial charge in [0, 0.05) is 5.92 Å². The van der Waals surface area contributed by atoms with Gasteiger partial charge in [0.05, 0.1) is 0 Å². The maximum Gasteiger partial charge on any atom is 0.122 e. The molecule has 0 fully saturated rings. The maximum absolute atomic E-state index is 10.5. The molecule has 0 aromatic carbocycles. The molecule has 1 nitrogen and oxygen atoms in total. The Balaban J connectivity index is 3.58. The highest BCUT2D eigenvalue weighted by atomic mass is 16.1. The first kappa shape index (κ1) is 18.4. The molecule has 2 atom stereocenters. The summed E-state index contributed by atoms with van der Waals surface area (Å²) in [4.78, 5) is 10.5. The summed E-state index contributed by atoms with van der Waals surface area (Å²) in [6.45, 7) is 8.88. The summed E-state index contributed by atoms with van der Waals surface area (Å²) in [6.07, 6.45) is 14.8. The van der Waals surface area contributed by atoms with Gasteiger partial charge in [-0.2, -0.15) is 0 Å². The largest absolute Gasteiger partial charge is 0.303 e. The predicted octanol–water partition coefficient (Wildman–Crippen LogP) is 5.93.